The Morgan fingerprint density at radius 2 is 1.07 bits per heavy atom. The highest BCUT2D eigenvalue weighted by Crippen LogP contribution is 2.25. The van der Waals surface area contributed by atoms with Crippen LogP contribution in [0.3, 0.4) is 0 Å². The van der Waals surface area contributed by atoms with E-state index < -0.39 is 18.0 Å². The number of carboxylic acid groups (broad SMARTS) is 2. The maximum Gasteiger partial charge on any atom is 0.414 e. The number of para-hydroxylation sites is 4. The van der Waals surface area contributed by atoms with Crippen LogP contribution in [-0.2, 0) is 19.2 Å². The maximum absolute atomic E-state index is 12.2. The molecule has 0 saturated heterocycles. The van der Waals surface area contributed by atoms with E-state index in [2.05, 4.69) is 35.1 Å². The summed E-state index contributed by atoms with van der Waals surface area (Å²) in [6.45, 7) is 6.15. The van der Waals surface area contributed by atoms with E-state index >= 15 is 0 Å². The van der Waals surface area contributed by atoms with Crippen molar-refractivity contribution in [3.05, 3.63) is 48.5 Å². The molecule has 0 spiro atoms. The molecule has 13 nitrogen and oxygen atoms in total. The molecule has 0 bridgehead atoms. The van der Waals surface area contributed by atoms with E-state index in [4.69, 9.17) is 29.3 Å². The number of aliphatic hydroxyl groups is 1. The van der Waals surface area contributed by atoms with Gasteiger partial charge in [-0.3, -0.25) is 9.59 Å². The number of amides is 2. The van der Waals surface area contributed by atoms with Gasteiger partial charge in [0.1, 0.15) is 30.8 Å². The Labute approximate surface area is 245 Å². The zero-order chi connectivity index (χ0) is 31.2. The fourth-order valence-electron chi connectivity index (χ4n) is 3.21. The second-order valence-corrected chi connectivity index (χ2v) is 9.04. The van der Waals surface area contributed by atoms with Crippen molar-refractivity contribution in [3.63, 3.8) is 0 Å². The topological polar surface area (TPSA) is 196 Å². The number of ether oxygens (including phenoxy) is 2. The van der Waals surface area contributed by atoms with Gasteiger partial charge in [-0.1, -0.05) is 51.0 Å². The lowest BCUT2D eigenvalue weighted by Crippen LogP contribution is -2.29. The Hall–Kier alpha value is -4.20. The number of benzene rings is 2. The molecule has 2 aromatic carbocycles. The number of unbranched alkanes of at least 4 members (excludes halogenated alkanes) is 2. The predicted molar refractivity (Wildman–Crippen MR) is 158 cm³/mol. The first-order valence-electron chi connectivity index (χ1n) is 13.8. The van der Waals surface area contributed by atoms with Crippen molar-refractivity contribution in [2.45, 2.75) is 45.6 Å². The molecule has 42 heavy (non-hydrogen) atoms. The fourth-order valence-corrected chi connectivity index (χ4v) is 3.21. The predicted octanol–water partition coefficient (Wildman–Crippen LogP) is 2.32. The molecule has 0 aliphatic heterocycles. The molecule has 0 fully saturated rings. The van der Waals surface area contributed by atoms with Crippen LogP contribution in [0.4, 0.5) is 11.4 Å². The van der Waals surface area contributed by atoms with E-state index in [1.807, 2.05) is 0 Å². The first-order valence-corrected chi connectivity index (χ1v) is 13.8. The highest BCUT2D eigenvalue weighted by molar-refractivity contribution is 6.27. The number of rotatable bonds is 18. The summed E-state index contributed by atoms with van der Waals surface area (Å²) in [4.78, 5) is 42.6. The summed E-state index contributed by atoms with van der Waals surface area (Å²) in [6.07, 6.45) is 3.23. The number of aliphatic carboxylic acids is 2. The average Bonchev–Trinajstić information content (AvgIpc) is 2.97. The van der Waals surface area contributed by atoms with Gasteiger partial charge in [-0.25, -0.2) is 9.59 Å². The lowest BCUT2D eigenvalue weighted by Gasteiger charge is -2.17. The van der Waals surface area contributed by atoms with Crippen molar-refractivity contribution in [3.8, 4) is 11.5 Å². The average molecular weight is 591 g/mol. The number of carbonyl (C=O) groups is 4. The van der Waals surface area contributed by atoms with Gasteiger partial charge in [0.25, 0.3) is 0 Å². The molecule has 7 N–H and O–H groups in total. The normalized spacial score (nSPS) is 10.3. The number of nitrogens with one attached hydrogen (secondary N) is 4. The van der Waals surface area contributed by atoms with Crippen LogP contribution in [0.15, 0.2) is 48.5 Å². The molecule has 0 atom stereocenters. The van der Waals surface area contributed by atoms with Crippen molar-refractivity contribution in [2.75, 3.05) is 50.0 Å². The maximum atomic E-state index is 12.2. The Morgan fingerprint density at radius 1 is 0.690 bits per heavy atom. The van der Waals surface area contributed by atoms with Crippen LogP contribution in [0.25, 0.3) is 0 Å². The quantitative estimate of drug-likeness (QED) is 0.0994. The van der Waals surface area contributed by atoms with E-state index in [-0.39, 0.29) is 38.1 Å². The van der Waals surface area contributed by atoms with Crippen LogP contribution in [0.2, 0.25) is 0 Å². The molecule has 0 aromatic heterocycles. The summed E-state index contributed by atoms with van der Waals surface area (Å²) in [5, 5.41) is 37.1. The smallest absolute Gasteiger partial charge is 0.414 e. The number of anilines is 2. The van der Waals surface area contributed by atoms with E-state index in [9.17, 15) is 14.7 Å². The van der Waals surface area contributed by atoms with Crippen molar-refractivity contribution in [2.24, 2.45) is 0 Å². The number of hydrogen-bond donors (Lipinski definition) is 7. The molecular formula is C29H42N4O9. The van der Waals surface area contributed by atoms with Gasteiger partial charge in [0.05, 0.1) is 24.5 Å². The van der Waals surface area contributed by atoms with Crippen molar-refractivity contribution < 1.29 is 44.0 Å². The van der Waals surface area contributed by atoms with Gasteiger partial charge < -0.3 is 46.1 Å². The fraction of sp³-hybridized carbons (Fsp3) is 0.448. The van der Waals surface area contributed by atoms with E-state index in [0.29, 0.717) is 22.9 Å². The third kappa shape index (κ3) is 16.2. The molecule has 232 valence electrons. The Morgan fingerprint density at radius 3 is 1.43 bits per heavy atom. The molecule has 0 aliphatic rings. The number of carboxylic acids is 2. The second kappa shape index (κ2) is 21.5. The number of hydrogen-bond acceptors (Lipinski definition) is 9. The highest BCUT2D eigenvalue weighted by atomic mass is 16.5. The first-order chi connectivity index (χ1) is 20.2. The summed E-state index contributed by atoms with van der Waals surface area (Å²) in [7, 11) is 0. The van der Waals surface area contributed by atoms with Gasteiger partial charge in [-0.2, -0.15) is 0 Å². The summed E-state index contributed by atoms with van der Waals surface area (Å²) in [6, 6.07) is 14.2. The van der Waals surface area contributed by atoms with Gasteiger partial charge in [0.15, 0.2) is 0 Å². The zero-order valence-electron chi connectivity index (χ0n) is 24.1. The first kappa shape index (κ1) is 35.8. The summed E-state index contributed by atoms with van der Waals surface area (Å²) in [5.41, 5.74) is 1.07. The van der Waals surface area contributed by atoms with Gasteiger partial charge in [0.2, 0.25) is 11.8 Å². The molecule has 13 heteroatoms. The van der Waals surface area contributed by atoms with Crippen LogP contribution >= 0.6 is 0 Å². The van der Waals surface area contributed by atoms with Crippen LogP contribution in [0.1, 0.15) is 39.5 Å². The number of aliphatic hydroxyl groups excluding tert-OH is 1. The highest BCUT2D eigenvalue weighted by Gasteiger charge is 2.13. The van der Waals surface area contributed by atoms with Crippen molar-refractivity contribution in [1.29, 1.82) is 0 Å². The van der Waals surface area contributed by atoms with Gasteiger partial charge >= 0.3 is 11.9 Å². The lowest BCUT2D eigenvalue weighted by atomic mass is 10.2. The molecule has 0 heterocycles. The zero-order valence-corrected chi connectivity index (χ0v) is 24.1. The molecular weight excluding hydrogens is 548 g/mol. The lowest BCUT2D eigenvalue weighted by molar-refractivity contribution is -0.159. The van der Waals surface area contributed by atoms with Crippen molar-refractivity contribution >= 4 is 35.1 Å². The second-order valence-electron chi connectivity index (χ2n) is 9.04. The third-order valence-corrected chi connectivity index (χ3v) is 5.35. The van der Waals surface area contributed by atoms with Crippen LogP contribution in [0.5, 0.6) is 11.5 Å². The van der Waals surface area contributed by atoms with Crippen LogP contribution in [-0.4, -0.2) is 84.6 Å². The Balaban J connectivity index is 0.00000132. The summed E-state index contributed by atoms with van der Waals surface area (Å²) >= 11 is 0. The SMILES string of the molecule is CCCCNCC(=O)Nc1ccccc1OCC(O)COc1ccccc1NC(=O)CNCCCC.O=C(O)C(=O)O. The Kier molecular flexibility index (Phi) is 18.4. The summed E-state index contributed by atoms with van der Waals surface area (Å²) in [5.74, 6) is -3.05. The minimum atomic E-state index is -1.82. The molecule has 0 unspecified atom stereocenters. The molecule has 2 rings (SSSR count). The van der Waals surface area contributed by atoms with Gasteiger partial charge in [-0.15, -0.1) is 0 Å². The standard InChI is InChI=1S/C27H40N4O5.C2H2O4/c1-3-5-15-28-17-26(33)30-22-11-7-9-13-24(22)35-19-21(32)20-36-25-14-10-8-12-23(25)31-27(34)18-29-16-6-4-2;3-1(4)2(5)6/h7-14,21,28-29,32H,3-6,15-20H2,1-2H3,(H,30,33)(H,31,34);(H,3,4)(H,5,6). The summed E-state index contributed by atoms with van der Waals surface area (Å²) < 4.78 is 11.5. The minimum absolute atomic E-state index is 0.0302. The molecule has 2 aromatic rings. The largest absolute Gasteiger partial charge is 0.489 e. The minimum Gasteiger partial charge on any atom is -0.489 e. The van der Waals surface area contributed by atoms with Gasteiger partial charge in [0, 0.05) is 0 Å². The van der Waals surface area contributed by atoms with E-state index in [1.165, 1.54) is 0 Å². The molecule has 2 amide bonds. The van der Waals surface area contributed by atoms with Crippen LogP contribution < -0.4 is 30.7 Å². The van der Waals surface area contributed by atoms with Gasteiger partial charge in [-0.05, 0) is 50.2 Å². The number of carbonyl (C=O) groups excluding carboxylic acids is 2. The van der Waals surface area contributed by atoms with Crippen molar-refractivity contribution in [1.82, 2.24) is 10.6 Å². The van der Waals surface area contributed by atoms with E-state index in [0.717, 1.165) is 38.8 Å². The van der Waals surface area contributed by atoms with E-state index in [1.54, 1.807) is 48.5 Å². The van der Waals surface area contributed by atoms with Crippen LogP contribution in [0, 0.1) is 0 Å². The third-order valence-electron chi connectivity index (χ3n) is 5.35. The molecule has 0 radical (unpaired) electrons. The molecule has 0 aliphatic carbocycles. The monoisotopic (exact) mass is 590 g/mol. The molecule has 0 saturated carbocycles. The Bertz CT molecular complexity index is 1030.